The Morgan fingerprint density at radius 3 is 2.80 bits per heavy atom. The van der Waals surface area contributed by atoms with Crippen LogP contribution in [0.3, 0.4) is 0 Å². The number of carboxylic acid groups (broad SMARTS) is 1. The van der Waals surface area contributed by atoms with Gasteiger partial charge in [0.05, 0.1) is 11.1 Å². The van der Waals surface area contributed by atoms with Gasteiger partial charge in [-0.15, -0.1) is 0 Å². The second-order valence-electron chi connectivity index (χ2n) is 3.32. The Morgan fingerprint density at radius 1 is 1.40 bits per heavy atom. The quantitative estimate of drug-likeness (QED) is 0.807. The van der Waals surface area contributed by atoms with E-state index >= 15 is 0 Å². The van der Waals surface area contributed by atoms with Crippen LogP contribution in [-0.4, -0.2) is 16.1 Å². The van der Waals surface area contributed by atoms with Gasteiger partial charge in [0, 0.05) is 5.39 Å². The minimum atomic E-state index is -0.936. The number of hydrogen-bond acceptors (Lipinski definition) is 2. The van der Waals surface area contributed by atoms with Crippen LogP contribution in [-0.2, 0) is 0 Å². The lowest BCUT2D eigenvalue weighted by molar-refractivity contribution is 0.0699. The molecule has 0 aliphatic rings. The molecule has 2 rings (SSSR count). The van der Waals surface area contributed by atoms with E-state index in [9.17, 15) is 4.79 Å². The minimum Gasteiger partial charge on any atom is -0.478 e. The summed E-state index contributed by atoms with van der Waals surface area (Å²) in [7, 11) is 0. The van der Waals surface area contributed by atoms with Crippen LogP contribution in [0, 0.1) is 6.92 Å². The van der Waals surface area contributed by atoms with E-state index in [1.54, 1.807) is 0 Å². The summed E-state index contributed by atoms with van der Waals surface area (Å²) in [6.45, 7) is 1.92. The minimum absolute atomic E-state index is 0.274. The summed E-state index contributed by atoms with van der Waals surface area (Å²) >= 11 is 3.20. The zero-order valence-corrected chi connectivity index (χ0v) is 9.58. The largest absolute Gasteiger partial charge is 0.478 e. The van der Waals surface area contributed by atoms with Gasteiger partial charge in [-0.05, 0) is 41.1 Å². The van der Waals surface area contributed by atoms with Gasteiger partial charge in [0.25, 0.3) is 0 Å². The standard InChI is InChI=1S/C11H8BrNO2/c1-6-2-3-9-7(4-6)8(11(14)15)5-10(12)13-9/h2-5H,1H3,(H,14,15). The van der Waals surface area contributed by atoms with E-state index < -0.39 is 5.97 Å². The van der Waals surface area contributed by atoms with Crippen LogP contribution in [0.4, 0.5) is 0 Å². The zero-order chi connectivity index (χ0) is 11.0. The smallest absolute Gasteiger partial charge is 0.336 e. The molecule has 0 atom stereocenters. The predicted octanol–water partition coefficient (Wildman–Crippen LogP) is 3.00. The van der Waals surface area contributed by atoms with Crippen molar-refractivity contribution in [1.29, 1.82) is 0 Å². The van der Waals surface area contributed by atoms with Crippen LogP contribution in [0.1, 0.15) is 15.9 Å². The molecular weight excluding hydrogens is 258 g/mol. The molecule has 1 N–H and O–H groups in total. The van der Waals surface area contributed by atoms with E-state index in [0.717, 1.165) is 5.56 Å². The molecule has 4 heteroatoms. The van der Waals surface area contributed by atoms with Crippen molar-refractivity contribution in [2.75, 3.05) is 0 Å². The van der Waals surface area contributed by atoms with E-state index in [2.05, 4.69) is 20.9 Å². The Balaban J connectivity index is 2.87. The van der Waals surface area contributed by atoms with Crippen molar-refractivity contribution in [3.63, 3.8) is 0 Å². The van der Waals surface area contributed by atoms with Crippen LogP contribution in [0.15, 0.2) is 28.9 Å². The summed E-state index contributed by atoms with van der Waals surface area (Å²) in [6.07, 6.45) is 0. The molecule has 3 nitrogen and oxygen atoms in total. The molecule has 1 aromatic carbocycles. The molecule has 0 fully saturated rings. The van der Waals surface area contributed by atoms with E-state index in [4.69, 9.17) is 5.11 Å². The van der Waals surface area contributed by atoms with Gasteiger partial charge in [0.15, 0.2) is 0 Å². The molecule has 0 aliphatic carbocycles. The van der Waals surface area contributed by atoms with Gasteiger partial charge in [-0.2, -0.15) is 0 Å². The maximum Gasteiger partial charge on any atom is 0.336 e. The molecule has 0 amide bonds. The van der Waals surface area contributed by atoms with E-state index in [-0.39, 0.29) is 5.56 Å². The first-order valence-corrected chi connectivity index (χ1v) is 5.17. The first-order chi connectivity index (χ1) is 7.08. The number of pyridine rings is 1. The Bertz CT molecular complexity index is 552. The topological polar surface area (TPSA) is 50.2 Å². The van der Waals surface area contributed by atoms with Crippen molar-refractivity contribution in [3.05, 3.63) is 40.0 Å². The highest BCUT2D eigenvalue weighted by Crippen LogP contribution is 2.22. The third kappa shape index (κ3) is 1.85. The number of fused-ring (bicyclic) bond motifs is 1. The molecule has 0 saturated heterocycles. The first kappa shape index (κ1) is 10.1. The van der Waals surface area contributed by atoms with Crippen LogP contribution >= 0.6 is 15.9 Å². The lowest BCUT2D eigenvalue weighted by Gasteiger charge is -2.03. The fraction of sp³-hybridized carbons (Fsp3) is 0.0909. The highest BCUT2D eigenvalue weighted by Gasteiger charge is 2.10. The lowest BCUT2D eigenvalue weighted by atomic mass is 10.1. The van der Waals surface area contributed by atoms with Crippen LogP contribution in [0.5, 0.6) is 0 Å². The summed E-state index contributed by atoms with van der Waals surface area (Å²) in [6, 6.07) is 7.08. The number of carboxylic acids is 1. The maximum atomic E-state index is 11.0. The summed E-state index contributed by atoms with van der Waals surface area (Å²) in [5.74, 6) is -0.936. The van der Waals surface area contributed by atoms with Crippen molar-refractivity contribution in [2.45, 2.75) is 6.92 Å². The van der Waals surface area contributed by atoms with Crippen LogP contribution in [0.2, 0.25) is 0 Å². The number of benzene rings is 1. The molecule has 0 bridgehead atoms. The second kappa shape index (κ2) is 3.62. The SMILES string of the molecule is Cc1ccc2nc(Br)cc(C(=O)O)c2c1. The van der Waals surface area contributed by atoms with Crippen molar-refractivity contribution >= 4 is 32.8 Å². The Hall–Kier alpha value is -1.42. The van der Waals surface area contributed by atoms with Gasteiger partial charge >= 0.3 is 5.97 Å². The number of aromatic nitrogens is 1. The van der Waals surface area contributed by atoms with Crippen molar-refractivity contribution < 1.29 is 9.90 Å². The molecule has 0 saturated carbocycles. The number of carbonyl (C=O) groups is 1. The summed E-state index contributed by atoms with van der Waals surface area (Å²) in [4.78, 5) is 15.2. The number of rotatable bonds is 1. The maximum absolute atomic E-state index is 11.0. The van der Waals surface area contributed by atoms with Crippen molar-refractivity contribution in [2.24, 2.45) is 0 Å². The first-order valence-electron chi connectivity index (χ1n) is 4.38. The Kier molecular flexibility index (Phi) is 2.44. The molecule has 0 spiro atoms. The van der Waals surface area contributed by atoms with Crippen LogP contribution < -0.4 is 0 Å². The monoisotopic (exact) mass is 265 g/mol. The molecule has 15 heavy (non-hydrogen) atoms. The van der Waals surface area contributed by atoms with Crippen molar-refractivity contribution in [3.8, 4) is 0 Å². The predicted molar refractivity (Wildman–Crippen MR) is 61.1 cm³/mol. The Morgan fingerprint density at radius 2 is 2.13 bits per heavy atom. The van der Waals surface area contributed by atoms with E-state index in [1.165, 1.54) is 6.07 Å². The van der Waals surface area contributed by atoms with Crippen LogP contribution in [0.25, 0.3) is 10.9 Å². The van der Waals surface area contributed by atoms with Gasteiger partial charge in [-0.25, -0.2) is 9.78 Å². The number of hydrogen-bond donors (Lipinski definition) is 1. The molecule has 0 unspecified atom stereocenters. The number of nitrogens with zero attached hydrogens (tertiary/aromatic N) is 1. The average Bonchev–Trinajstić information content (AvgIpc) is 2.17. The van der Waals surface area contributed by atoms with Crippen molar-refractivity contribution in [1.82, 2.24) is 4.98 Å². The van der Waals surface area contributed by atoms with E-state index in [0.29, 0.717) is 15.5 Å². The molecule has 0 aliphatic heterocycles. The molecule has 0 radical (unpaired) electrons. The summed E-state index contributed by atoms with van der Waals surface area (Å²) < 4.78 is 0.538. The van der Waals surface area contributed by atoms with Gasteiger partial charge < -0.3 is 5.11 Å². The lowest BCUT2D eigenvalue weighted by Crippen LogP contribution is -1.99. The number of halogens is 1. The highest BCUT2D eigenvalue weighted by atomic mass is 79.9. The molecule has 76 valence electrons. The fourth-order valence-corrected chi connectivity index (χ4v) is 1.90. The number of aromatic carboxylic acids is 1. The summed E-state index contributed by atoms with van der Waals surface area (Å²) in [5.41, 5.74) is 1.98. The van der Waals surface area contributed by atoms with Gasteiger partial charge in [0.2, 0.25) is 0 Å². The zero-order valence-electron chi connectivity index (χ0n) is 7.99. The highest BCUT2D eigenvalue weighted by molar-refractivity contribution is 9.10. The average molecular weight is 266 g/mol. The molecule has 1 heterocycles. The molecule has 2 aromatic rings. The normalized spacial score (nSPS) is 10.5. The Labute approximate surface area is 94.9 Å². The van der Waals surface area contributed by atoms with Gasteiger partial charge in [-0.1, -0.05) is 11.6 Å². The summed E-state index contributed by atoms with van der Waals surface area (Å²) in [5, 5.41) is 9.72. The second-order valence-corrected chi connectivity index (χ2v) is 4.13. The van der Waals surface area contributed by atoms with E-state index in [1.807, 2.05) is 25.1 Å². The fourth-order valence-electron chi connectivity index (χ4n) is 1.48. The van der Waals surface area contributed by atoms with Gasteiger partial charge in [-0.3, -0.25) is 0 Å². The molecular formula is C11H8BrNO2. The van der Waals surface area contributed by atoms with Gasteiger partial charge in [0.1, 0.15) is 4.60 Å². The third-order valence-electron chi connectivity index (χ3n) is 2.16. The molecule has 1 aromatic heterocycles. The third-order valence-corrected chi connectivity index (χ3v) is 2.57. The number of aryl methyl sites for hydroxylation is 1.